The minimum Gasteiger partial charge on any atom is -0.399 e. The Kier molecular flexibility index (Phi) is 3.83. The van der Waals surface area contributed by atoms with Crippen LogP contribution < -0.4 is 5.73 Å². The largest absolute Gasteiger partial charge is 0.399 e. The smallest absolute Gasteiger partial charge is 0.0314 e. The summed E-state index contributed by atoms with van der Waals surface area (Å²) in [5.41, 5.74) is 8.00. The van der Waals surface area contributed by atoms with Gasteiger partial charge < -0.3 is 10.6 Å². The number of likely N-dealkylation sites (tertiary alicyclic amines) is 1. The van der Waals surface area contributed by atoms with Crippen LogP contribution in [0.25, 0.3) is 0 Å². The van der Waals surface area contributed by atoms with Crippen LogP contribution in [0.3, 0.4) is 0 Å². The van der Waals surface area contributed by atoms with E-state index in [1.165, 1.54) is 44.3 Å². The van der Waals surface area contributed by atoms with Crippen LogP contribution >= 0.6 is 0 Å². The molecule has 1 saturated heterocycles. The number of benzene rings is 1. The van der Waals surface area contributed by atoms with Crippen molar-refractivity contribution in [1.29, 1.82) is 0 Å². The molecule has 1 aromatic carbocycles. The molecule has 1 aromatic rings. The van der Waals surface area contributed by atoms with Crippen molar-refractivity contribution in [2.45, 2.75) is 25.7 Å². The van der Waals surface area contributed by atoms with Crippen molar-refractivity contribution in [2.75, 3.05) is 25.9 Å². The Morgan fingerprint density at radius 3 is 2.69 bits per heavy atom. The standard InChI is InChI=1S/C14H22N2/c1-16-9-2-3-12(8-10-16)11-13-4-6-14(15)7-5-13/h4-7,12H,2-3,8-11,15H2,1H3. The lowest BCUT2D eigenvalue weighted by atomic mass is 9.93. The first-order valence-electron chi connectivity index (χ1n) is 6.27. The van der Waals surface area contributed by atoms with Crippen LogP contribution in [0.5, 0.6) is 0 Å². The Morgan fingerprint density at radius 2 is 1.94 bits per heavy atom. The van der Waals surface area contributed by atoms with Crippen molar-refractivity contribution in [3.63, 3.8) is 0 Å². The van der Waals surface area contributed by atoms with Crippen LogP contribution in [0.15, 0.2) is 24.3 Å². The van der Waals surface area contributed by atoms with E-state index < -0.39 is 0 Å². The molecule has 1 aliphatic heterocycles. The summed E-state index contributed by atoms with van der Waals surface area (Å²) in [5, 5.41) is 0. The zero-order valence-corrected chi connectivity index (χ0v) is 10.2. The molecule has 1 atom stereocenters. The maximum absolute atomic E-state index is 5.70. The van der Waals surface area contributed by atoms with Gasteiger partial charge in [-0.2, -0.15) is 0 Å². The lowest BCUT2D eigenvalue weighted by Gasteiger charge is -2.15. The third-order valence-electron chi connectivity index (χ3n) is 3.58. The lowest BCUT2D eigenvalue weighted by molar-refractivity contribution is 0.341. The van der Waals surface area contributed by atoms with Crippen LogP contribution in [0.4, 0.5) is 5.69 Å². The molecular weight excluding hydrogens is 196 g/mol. The van der Waals surface area contributed by atoms with Gasteiger partial charge in [-0.1, -0.05) is 12.1 Å². The molecule has 2 heteroatoms. The minimum absolute atomic E-state index is 0.855. The van der Waals surface area contributed by atoms with Gasteiger partial charge in [0.05, 0.1) is 0 Å². The van der Waals surface area contributed by atoms with E-state index >= 15 is 0 Å². The predicted octanol–water partition coefficient (Wildman–Crippen LogP) is 2.54. The Balaban J connectivity index is 1.91. The average molecular weight is 218 g/mol. The molecule has 0 radical (unpaired) electrons. The maximum atomic E-state index is 5.70. The molecule has 0 spiro atoms. The number of hydrogen-bond acceptors (Lipinski definition) is 2. The first-order valence-corrected chi connectivity index (χ1v) is 6.27. The van der Waals surface area contributed by atoms with Gasteiger partial charge in [0.15, 0.2) is 0 Å². The van der Waals surface area contributed by atoms with Gasteiger partial charge in [0, 0.05) is 5.69 Å². The van der Waals surface area contributed by atoms with Gasteiger partial charge in [0.2, 0.25) is 0 Å². The average Bonchev–Trinajstić information content (AvgIpc) is 2.47. The molecule has 2 rings (SSSR count). The van der Waals surface area contributed by atoms with Crippen LogP contribution in [0.1, 0.15) is 24.8 Å². The molecule has 1 unspecified atom stereocenters. The molecular formula is C14H22N2. The van der Waals surface area contributed by atoms with Crippen molar-refractivity contribution < 1.29 is 0 Å². The first-order chi connectivity index (χ1) is 7.74. The van der Waals surface area contributed by atoms with Gasteiger partial charge in [-0.3, -0.25) is 0 Å². The summed E-state index contributed by atoms with van der Waals surface area (Å²) in [4.78, 5) is 2.45. The normalized spacial score (nSPS) is 22.9. The Hall–Kier alpha value is -1.02. The first kappa shape index (κ1) is 11.5. The summed E-state index contributed by atoms with van der Waals surface area (Å²) in [7, 11) is 2.23. The number of nitrogens with two attached hydrogens (primary N) is 1. The van der Waals surface area contributed by atoms with Crippen LogP contribution in [-0.2, 0) is 6.42 Å². The number of anilines is 1. The highest BCUT2D eigenvalue weighted by atomic mass is 15.1. The predicted molar refractivity (Wildman–Crippen MR) is 69.4 cm³/mol. The van der Waals surface area contributed by atoms with E-state index in [-0.39, 0.29) is 0 Å². The highest BCUT2D eigenvalue weighted by molar-refractivity contribution is 5.39. The second-order valence-corrected chi connectivity index (χ2v) is 5.05. The zero-order valence-electron chi connectivity index (χ0n) is 10.2. The Bertz CT molecular complexity index is 318. The van der Waals surface area contributed by atoms with Crippen molar-refractivity contribution >= 4 is 5.69 Å². The van der Waals surface area contributed by atoms with Gasteiger partial charge in [-0.25, -0.2) is 0 Å². The molecule has 16 heavy (non-hydrogen) atoms. The fourth-order valence-electron chi connectivity index (χ4n) is 2.50. The van der Waals surface area contributed by atoms with Gasteiger partial charge >= 0.3 is 0 Å². The van der Waals surface area contributed by atoms with E-state index in [9.17, 15) is 0 Å². The van der Waals surface area contributed by atoms with Gasteiger partial charge in [0.25, 0.3) is 0 Å². The third kappa shape index (κ3) is 3.24. The summed E-state index contributed by atoms with van der Waals surface area (Å²) in [6.07, 6.45) is 5.26. The topological polar surface area (TPSA) is 29.3 Å². The maximum Gasteiger partial charge on any atom is 0.0314 e. The fourth-order valence-corrected chi connectivity index (χ4v) is 2.50. The van der Waals surface area contributed by atoms with Crippen molar-refractivity contribution in [1.82, 2.24) is 4.90 Å². The number of nitrogen functional groups attached to an aromatic ring is 1. The van der Waals surface area contributed by atoms with E-state index in [4.69, 9.17) is 5.73 Å². The van der Waals surface area contributed by atoms with Crippen molar-refractivity contribution in [3.8, 4) is 0 Å². The quantitative estimate of drug-likeness (QED) is 0.773. The van der Waals surface area contributed by atoms with Crippen LogP contribution in [-0.4, -0.2) is 25.0 Å². The molecule has 1 fully saturated rings. The summed E-state index contributed by atoms with van der Waals surface area (Å²) in [6, 6.07) is 8.37. The number of nitrogens with zero attached hydrogens (tertiary/aromatic N) is 1. The van der Waals surface area contributed by atoms with Gasteiger partial charge in [-0.15, -0.1) is 0 Å². The molecule has 88 valence electrons. The van der Waals surface area contributed by atoms with E-state index in [1.54, 1.807) is 0 Å². The molecule has 1 heterocycles. The minimum atomic E-state index is 0.855. The Labute approximate surface area is 98.4 Å². The highest BCUT2D eigenvalue weighted by Gasteiger charge is 2.14. The van der Waals surface area contributed by atoms with E-state index in [1.807, 2.05) is 12.1 Å². The molecule has 0 aliphatic carbocycles. The summed E-state index contributed by atoms with van der Waals surface area (Å²) in [6.45, 7) is 2.51. The molecule has 0 saturated carbocycles. The molecule has 0 aromatic heterocycles. The van der Waals surface area contributed by atoms with Gasteiger partial charge in [-0.05, 0) is 69.4 Å². The molecule has 0 bridgehead atoms. The zero-order chi connectivity index (χ0) is 11.4. The SMILES string of the molecule is CN1CCCC(Cc2ccc(N)cc2)CC1. The summed E-state index contributed by atoms with van der Waals surface area (Å²) in [5.74, 6) is 0.855. The molecule has 0 amide bonds. The fraction of sp³-hybridized carbons (Fsp3) is 0.571. The second kappa shape index (κ2) is 5.35. The van der Waals surface area contributed by atoms with E-state index in [0.29, 0.717) is 0 Å². The summed E-state index contributed by atoms with van der Waals surface area (Å²) >= 11 is 0. The monoisotopic (exact) mass is 218 g/mol. The van der Waals surface area contributed by atoms with Crippen LogP contribution in [0.2, 0.25) is 0 Å². The molecule has 2 N–H and O–H groups in total. The van der Waals surface area contributed by atoms with Gasteiger partial charge in [0.1, 0.15) is 0 Å². The lowest BCUT2D eigenvalue weighted by Crippen LogP contribution is -2.19. The molecule has 2 nitrogen and oxygen atoms in total. The number of rotatable bonds is 2. The third-order valence-corrected chi connectivity index (χ3v) is 3.58. The Morgan fingerprint density at radius 1 is 1.19 bits per heavy atom. The van der Waals surface area contributed by atoms with Crippen LogP contribution in [0, 0.1) is 5.92 Å². The highest BCUT2D eigenvalue weighted by Crippen LogP contribution is 2.21. The van der Waals surface area contributed by atoms with E-state index in [0.717, 1.165) is 11.6 Å². The second-order valence-electron chi connectivity index (χ2n) is 5.05. The van der Waals surface area contributed by atoms with Crippen molar-refractivity contribution in [3.05, 3.63) is 29.8 Å². The number of hydrogen-bond donors (Lipinski definition) is 1. The van der Waals surface area contributed by atoms with E-state index in [2.05, 4.69) is 24.1 Å². The summed E-state index contributed by atoms with van der Waals surface area (Å²) < 4.78 is 0. The molecule has 1 aliphatic rings. The van der Waals surface area contributed by atoms with Crippen molar-refractivity contribution in [2.24, 2.45) is 5.92 Å².